The first-order valence-corrected chi connectivity index (χ1v) is 6.98. The molecule has 2 heterocycles. The number of hydrogen-bond donors (Lipinski definition) is 1. The highest BCUT2D eigenvalue weighted by molar-refractivity contribution is 5.90. The van der Waals surface area contributed by atoms with E-state index in [9.17, 15) is 9.59 Å². The van der Waals surface area contributed by atoms with Crippen LogP contribution in [0.4, 0.5) is 0 Å². The number of aromatic nitrogens is 2. The molecule has 1 aromatic heterocycles. The third-order valence-corrected chi connectivity index (χ3v) is 3.65. The zero-order valence-electron chi connectivity index (χ0n) is 11.7. The van der Waals surface area contributed by atoms with Gasteiger partial charge in [0.05, 0.1) is 0 Å². The van der Waals surface area contributed by atoms with Crippen LogP contribution in [0.3, 0.4) is 0 Å². The Labute approximate surface area is 118 Å². The van der Waals surface area contributed by atoms with E-state index in [0.717, 1.165) is 38.0 Å². The summed E-state index contributed by atoms with van der Waals surface area (Å²) in [5, 5.41) is 0. The molecule has 1 saturated heterocycles. The Hall–Kier alpha value is -1.98. The molecule has 0 spiro atoms. The van der Waals surface area contributed by atoms with Gasteiger partial charge in [0, 0.05) is 25.2 Å². The third-order valence-electron chi connectivity index (χ3n) is 3.65. The van der Waals surface area contributed by atoms with Gasteiger partial charge in [-0.15, -0.1) is 0 Å². The molecule has 0 saturated carbocycles. The predicted octanol–water partition coefficient (Wildman–Crippen LogP) is 0.767. The van der Waals surface area contributed by atoms with E-state index in [1.807, 2.05) is 11.8 Å². The summed E-state index contributed by atoms with van der Waals surface area (Å²) >= 11 is 0. The van der Waals surface area contributed by atoms with Gasteiger partial charge in [-0.3, -0.25) is 9.59 Å². The van der Waals surface area contributed by atoms with Gasteiger partial charge in [0.25, 0.3) is 5.91 Å². The summed E-state index contributed by atoms with van der Waals surface area (Å²) in [5.74, 6) is 0.0465. The van der Waals surface area contributed by atoms with E-state index in [1.165, 1.54) is 6.33 Å². The highest BCUT2D eigenvalue weighted by Crippen LogP contribution is 2.20. The second-order valence-corrected chi connectivity index (χ2v) is 5.16. The summed E-state index contributed by atoms with van der Waals surface area (Å²) in [5.41, 5.74) is 6.27. The summed E-state index contributed by atoms with van der Waals surface area (Å²) in [6, 6.07) is 1.64. The average Bonchev–Trinajstić information content (AvgIpc) is 2.47. The molecule has 1 aromatic rings. The molecule has 6 heteroatoms. The smallest absolute Gasteiger partial charge is 0.267 e. The molecule has 20 heavy (non-hydrogen) atoms. The van der Waals surface area contributed by atoms with E-state index >= 15 is 0 Å². The molecule has 0 aromatic carbocycles. The van der Waals surface area contributed by atoms with Gasteiger partial charge in [-0.05, 0) is 31.2 Å². The lowest BCUT2D eigenvalue weighted by Crippen LogP contribution is -2.40. The first kappa shape index (κ1) is 14.4. The molecule has 0 aliphatic carbocycles. The van der Waals surface area contributed by atoms with Crippen LogP contribution in [-0.4, -0.2) is 39.8 Å². The van der Waals surface area contributed by atoms with E-state index in [0.29, 0.717) is 12.3 Å². The van der Waals surface area contributed by atoms with E-state index in [2.05, 4.69) is 9.97 Å². The number of carbonyl (C=O) groups is 2. The molecule has 0 radical (unpaired) electrons. The Kier molecular flexibility index (Phi) is 4.65. The number of hydrogen-bond acceptors (Lipinski definition) is 4. The highest BCUT2D eigenvalue weighted by atomic mass is 16.2. The van der Waals surface area contributed by atoms with Crippen LogP contribution in [0.5, 0.6) is 0 Å². The van der Waals surface area contributed by atoms with Gasteiger partial charge in [0.15, 0.2) is 0 Å². The Bertz CT molecular complexity index is 504. The molecule has 1 aliphatic heterocycles. The normalized spacial score (nSPS) is 18.9. The Morgan fingerprint density at radius 3 is 2.95 bits per heavy atom. The molecule has 0 bridgehead atoms. The summed E-state index contributed by atoms with van der Waals surface area (Å²) in [6.45, 7) is 3.50. The number of primary amides is 1. The van der Waals surface area contributed by atoms with E-state index in [4.69, 9.17) is 5.73 Å². The van der Waals surface area contributed by atoms with Crippen molar-refractivity contribution in [3.8, 4) is 0 Å². The zero-order valence-corrected chi connectivity index (χ0v) is 11.7. The molecular weight excluding hydrogens is 256 g/mol. The summed E-state index contributed by atoms with van der Waals surface area (Å²) in [7, 11) is 0. The standard InChI is InChI=1S/C14H20N4O2/c1-2-13(19)18-5-3-4-10(8-18)6-11-7-12(14(15)20)17-9-16-11/h7,9-10H,2-6,8H2,1H3,(H2,15,20)/t10-/m0/s1. The van der Waals surface area contributed by atoms with Crippen LogP contribution in [0.1, 0.15) is 42.4 Å². The fourth-order valence-corrected chi connectivity index (χ4v) is 2.62. The summed E-state index contributed by atoms with van der Waals surface area (Å²) < 4.78 is 0. The monoisotopic (exact) mass is 276 g/mol. The minimum absolute atomic E-state index is 0.204. The first-order valence-electron chi connectivity index (χ1n) is 6.98. The molecule has 108 valence electrons. The predicted molar refractivity (Wildman–Crippen MR) is 73.8 cm³/mol. The number of piperidine rings is 1. The maximum absolute atomic E-state index is 11.7. The number of nitrogens with two attached hydrogens (primary N) is 1. The largest absolute Gasteiger partial charge is 0.364 e. The minimum atomic E-state index is -0.542. The second kappa shape index (κ2) is 6.45. The number of likely N-dealkylation sites (tertiary alicyclic amines) is 1. The van der Waals surface area contributed by atoms with Crippen molar-refractivity contribution in [3.63, 3.8) is 0 Å². The third kappa shape index (κ3) is 3.53. The fourth-order valence-electron chi connectivity index (χ4n) is 2.62. The van der Waals surface area contributed by atoms with Crippen molar-refractivity contribution in [1.29, 1.82) is 0 Å². The summed E-state index contributed by atoms with van der Waals surface area (Å²) in [4.78, 5) is 32.8. The lowest BCUT2D eigenvalue weighted by molar-refractivity contribution is -0.132. The number of nitrogens with zero attached hydrogens (tertiary/aromatic N) is 3. The van der Waals surface area contributed by atoms with E-state index in [-0.39, 0.29) is 11.6 Å². The van der Waals surface area contributed by atoms with Crippen molar-refractivity contribution in [2.45, 2.75) is 32.6 Å². The highest BCUT2D eigenvalue weighted by Gasteiger charge is 2.23. The number of carbonyl (C=O) groups excluding carboxylic acids is 2. The molecule has 1 fully saturated rings. The maximum atomic E-state index is 11.7. The van der Waals surface area contributed by atoms with Crippen LogP contribution < -0.4 is 5.73 Å². The molecular formula is C14H20N4O2. The Morgan fingerprint density at radius 2 is 2.25 bits per heavy atom. The summed E-state index contributed by atoms with van der Waals surface area (Å²) in [6.07, 6.45) is 4.75. The van der Waals surface area contributed by atoms with Crippen LogP contribution in [0, 0.1) is 5.92 Å². The van der Waals surface area contributed by atoms with Crippen LogP contribution in [0.25, 0.3) is 0 Å². The van der Waals surface area contributed by atoms with Crippen molar-refractivity contribution in [1.82, 2.24) is 14.9 Å². The molecule has 2 N–H and O–H groups in total. The van der Waals surface area contributed by atoms with Gasteiger partial charge < -0.3 is 10.6 Å². The van der Waals surface area contributed by atoms with E-state index < -0.39 is 5.91 Å². The first-order chi connectivity index (χ1) is 9.60. The zero-order chi connectivity index (χ0) is 14.5. The minimum Gasteiger partial charge on any atom is -0.364 e. The van der Waals surface area contributed by atoms with Gasteiger partial charge >= 0.3 is 0 Å². The van der Waals surface area contributed by atoms with Gasteiger partial charge in [-0.2, -0.15) is 0 Å². The number of amides is 2. The second-order valence-electron chi connectivity index (χ2n) is 5.16. The molecule has 1 aliphatic rings. The topological polar surface area (TPSA) is 89.2 Å². The van der Waals surface area contributed by atoms with Gasteiger partial charge in [0.2, 0.25) is 5.91 Å². The van der Waals surface area contributed by atoms with Crippen molar-refractivity contribution >= 4 is 11.8 Å². The van der Waals surface area contributed by atoms with Gasteiger partial charge in [0.1, 0.15) is 12.0 Å². The van der Waals surface area contributed by atoms with Crippen molar-refractivity contribution in [2.75, 3.05) is 13.1 Å². The average molecular weight is 276 g/mol. The number of rotatable bonds is 4. The van der Waals surface area contributed by atoms with Crippen molar-refractivity contribution < 1.29 is 9.59 Å². The molecule has 1 atom stereocenters. The van der Waals surface area contributed by atoms with Gasteiger partial charge in [-0.25, -0.2) is 9.97 Å². The lowest BCUT2D eigenvalue weighted by atomic mass is 9.93. The fraction of sp³-hybridized carbons (Fsp3) is 0.571. The molecule has 6 nitrogen and oxygen atoms in total. The molecule has 2 rings (SSSR count). The van der Waals surface area contributed by atoms with Crippen LogP contribution in [0.2, 0.25) is 0 Å². The van der Waals surface area contributed by atoms with Crippen molar-refractivity contribution in [3.05, 3.63) is 23.8 Å². The Morgan fingerprint density at radius 1 is 1.45 bits per heavy atom. The quantitative estimate of drug-likeness (QED) is 0.879. The Balaban J connectivity index is 2.00. The molecule has 0 unspecified atom stereocenters. The van der Waals surface area contributed by atoms with Crippen LogP contribution >= 0.6 is 0 Å². The SMILES string of the molecule is CCC(=O)N1CCC[C@@H](Cc2cc(C(N)=O)ncn2)C1. The van der Waals surface area contributed by atoms with Crippen LogP contribution in [0.15, 0.2) is 12.4 Å². The maximum Gasteiger partial charge on any atom is 0.267 e. The van der Waals surface area contributed by atoms with Gasteiger partial charge in [-0.1, -0.05) is 6.92 Å². The molecule has 2 amide bonds. The lowest BCUT2D eigenvalue weighted by Gasteiger charge is -2.32. The van der Waals surface area contributed by atoms with Crippen LogP contribution in [-0.2, 0) is 11.2 Å². The van der Waals surface area contributed by atoms with Crippen molar-refractivity contribution in [2.24, 2.45) is 11.7 Å². The van der Waals surface area contributed by atoms with E-state index in [1.54, 1.807) is 6.07 Å².